The van der Waals surface area contributed by atoms with Gasteiger partial charge in [-0.2, -0.15) is 13.2 Å². The minimum atomic E-state index is -4.58. The van der Waals surface area contributed by atoms with E-state index in [1.165, 1.54) is 50.8 Å². The van der Waals surface area contributed by atoms with Crippen molar-refractivity contribution in [1.82, 2.24) is 19.3 Å². The molecule has 0 aliphatic rings. The van der Waals surface area contributed by atoms with Crippen LogP contribution >= 0.6 is 0 Å². The van der Waals surface area contributed by atoms with Crippen LogP contribution in [0.1, 0.15) is 5.56 Å². The van der Waals surface area contributed by atoms with Crippen molar-refractivity contribution >= 4 is 33.2 Å². The molecule has 4 aromatic rings. The van der Waals surface area contributed by atoms with Crippen LogP contribution in [0.25, 0.3) is 11.1 Å². The number of hydrogen-bond donors (Lipinski definition) is 3. The molecule has 0 radical (unpaired) electrons. The molecule has 2 aromatic heterocycles. The number of ether oxygens (including phenoxy) is 1. The number of nitrogen functional groups attached to an aromatic ring is 1. The van der Waals surface area contributed by atoms with Gasteiger partial charge in [-0.15, -0.1) is 0 Å². The third-order valence-electron chi connectivity index (χ3n) is 5.45. The summed E-state index contributed by atoms with van der Waals surface area (Å²) in [5.41, 5.74) is 5.12. The molecule has 0 saturated heterocycles. The number of carbonyl (C=O) groups excluding carboxylic acids is 1. The Labute approximate surface area is 231 Å². The van der Waals surface area contributed by atoms with E-state index in [9.17, 15) is 30.8 Å². The number of rotatable bonds is 7. The van der Waals surface area contributed by atoms with Crippen molar-refractivity contribution in [2.24, 2.45) is 0 Å². The van der Waals surface area contributed by atoms with E-state index >= 15 is 0 Å². The van der Waals surface area contributed by atoms with E-state index < -0.39 is 33.6 Å². The minimum Gasteiger partial charge on any atom is -0.424 e. The summed E-state index contributed by atoms with van der Waals surface area (Å²) in [6.45, 7) is 0. The molecule has 0 atom stereocenters. The van der Waals surface area contributed by atoms with Gasteiger partial charge in [0.2, 0.25) is 10.0 Å². The molecule has 4 N–H and O–H groups in total. The summed E-state index contributed by atoms with van der Waals surface area (Å²) in [6, 6.07) is 8.67. The van der Waals surface area contributed by atoms with Crippen molar-refractivity contribution in [2.75, 3.05) is 30.5 Å². The first-order chi connectivity index (χ1) is 19.2. The molecule has 0 bridgehead atoms. The van der Waals surface area contributed by atoms with Crippen molar-refractivity contribution < 1.29 is 35.5 Å². The molecule has 11 nitrogen and oxygen atoms in total. The van der Waals surface area contributed by atoms with Gasteiger partial charge in [0.15, 0.2) is 0 Å². The number of carbonyl (C=O) groups is 1. The van der Waals surface area contributed by atoms with Gasteiger partial charge in [-0.25, -0.2) is 36.9 Å². The van der Waals surface area contributed by atoms with Crippen LogP contribution in [0, 0.1) is 5.82 Å². The Kier molecular flexibility index (Phi) is 8.07. The van der Waals surface area contributed by atoms with Crippen molar-refractivity contribution in [3.63, 3.8) is 0 Å². The largest absolute Gasteiger partial charge is 0.424 e. The summed E-state index contributed by atoms with van der Waals surface area (Å²) in [6.07, 6.45) is -1.51. The Hall–Kier alpha value is -4.83. The number of anilines is 3. The molecule has 0 unspecified atom stereocenters. The highest BCUT2D eigenvalue weighted by Crippen LogP contribution is 2.34. The Morgan fingerprint density at radius 2 is 1.61 bits per heavy atom. The minimum absolute atomic E-state index is 0.0740. The van der Waals surface area contributed by atoms with Gasteiger partial charge >= 0.3 is 18.2 Å². The number of urea groups is 1. The summed E-state index contributed by atoms with van der Waals surface area (Å²) >= 11 is 0. The summed E-state index contributed by atoms with van der Waals surface area (Å²) in [7, 11) is -1.39. The van der Waals surface area contributed by atoms with Crippen LogP contribution in [0.15, 0.2) is 72.0 Å². The van der Waals surface area contributed by atoms with E-state index in [2.05, 4.69) is 25.6 Å². The topological polar surface area (TPSA) is 152 Å². The normalized spacial score (nSPS) is 11.8. The summed E-state index contributed by atoms with van der Waals surface area (Å²) in [4.78, 5) is 23.7. The van der Waals surface area contributed by atoms with Crippen LogP contribution in [0.5, 0.6) is 11.8 Å². The second-order valence-corrected chi connectivity index (χ2v) is 10.7. The lowest BCUT2D eigenvalue weighted by atomic mass is 10.0. The molecule has 2 amide bonds. The first-order valence-electron chi connectivity index (χ1n) is 11.5. The molecular weight excluding hydrogens is 570 g/mol. The fourth-order valence-corrected chi connectivity index (χ4v) is 4.43. The number of nitrogens with one attached hydrogen (secondary N) is 2. The zero-order chi connectivity index (χ0) is 29.9. The average molecular weight is 592 g/mol. The third-order valence-corrected chi connectivity index (χ3v) is 7.33. The number of hydrogen-bond acceptors (Lipinski definition) is 8. The predicted octanol–water partition coefficient (Wildman–Crippen LogP) is 4.97. The molecule has 16 heteroatoms. The van der Waals surface area contributed by atoms with E-state index in [1.54, 1.807) is 0 Å². The van der Waals surface area contributed by atoms with E-state index in [1.807, 2.05) is 0 Å². The van der Waals surface area contributed by atoms with Crippen LogP contribution in [-0.2, 0) is 16.2 Å². The molecule has 0 aliphatic heterocycles. The maximum Gasteiger partial charge on any atom is 0.417 e. The maximum absolute atomic E-state index is 13.8. The zero-order valence-corrected chi connectivity index (χ0v) is 22.1. The Bertz CT molecular complexity index is 1680. The standard InChI is InChI=1S/C25H21F4N7O4S/c1-36(2)41(38,39)21-8-5-16(26)10-20(21)35-23(37)34-17-12-32-24(33-13-17)40-18-6-3-14(4-7-18)19-9-15(25(27,28)29)11-31-22(19)30/h3-13H,1-2H3,(H2,30,31)(H2,34,35,37). The van der Waals surface area contributed by atoms with E-state index in [-0.39, 0.29) is 39.4 Å². The number of aromatic nitrogens is 3. The number of halogens is 4. The number of sulfonamides is 1. The first kappa shape index (κ1) is 29.2. The van der Waals surface area contributed by atoms with Crippen LogP contribution in [0.3, 0.4) is 0 Å². The van der Waals surface area contributed by atoms with Gasteiger partial charge in [0.1, 0.15) is 22.3 Å². The van der Waals surface area contributed by atoms with Gasteiger partial charge in [-0.1, -0.05) is 12.1 Å². The van der Waals surface area contributed by atoms with Crippen LogP contribution in [0.2, 0.25) is 0 Å². The van der Waals surface area contributed by atoms with Gasteiger partial charge in [0.25, 0.3) is 0 Å². The smallest absolute Gasteiger partial charge is 0.417 e. The SMILES string of the molecule is CN(C)S(=O)(=O)c1ccc(F)cc1NC(=O)Nc1cnc(Oc2ccc(-c3cc(C(F)(F)F)cnc3N)cc2)nc1. The lowest BCUT2D eigenvalue weighted by Crippen LogP contribution is -2.26. The summed E-state index contributed by atoms with van der Waals surface area (Å²) < 4.78 is 84.3. The van der Waals surface area contributed by atoms with Crippen molar-refractivity contribution in [3.05, 3.63) is 78.5 Å². The molecule has 0 aliphatic carbocycles. The number of benzene rings is 2. The molecule has 4 rings (SSSR count). The molecular formula is C25H21F4N7O4S. The average Bonchev–Trinajstić information content (AvgIpc) is 2.90. The second-order valence-electron chi connectivity index (χ2n) is 8.54. The fourth-order valence-electron chi connectivity index (χ4n) is 3.41. The summed E-state index contributed by atoms with van der Waals surface area (Å²) in [5.74, 6) is -0.577. The molecule has 214 valence electrons. The Morgan fingerprint density at radius 3 is 2.22 bits per heavy atom. The molecule has 41 heavy (non-hydrogen) atoms. The number of pyridine rings is 1. The van der Waals surface area contributed by atoms with Gasteiger partial charge in [-0.3, -0.25) is 0 Å². The van der Waals surface area contributed by atoms with E-state index in [4.69, 9.17) is 10.5 Å². The molecule has 2 aromatic carbocycles. The summed E-state index contributed by atoms with van der Waals surface area (Å²) in [5, 5.41) is 4.69. The highest BCUT2D eigenvalue weighted by atomic mass is 32.2. The van der Waals surface area contributed by atoms with Crippen molar-refractivity contribution in [1.29, 1.82) is 0 Å². The highest BCUT2D eigenvalue weighted by Gasteiger charge is 2.31. The zero-order valence-electron chi connectivity index (χ0n) is 21.3. The first-order valence-corrected chi connectivity index (χ1v) is 12.9. The van der Waals surface area contributed by atoms with Gasteiger partial charge < -0.3 is 21.1 Å². The lowest BCUT2D eigenvalue weighted by Gasteiger charge is -2.16. The van der Waals surface area contributed by atoms with Crippen LogP contribution in [-0.4, -0.2) is 47.8 Å². The number of alkyl halides is 3. The number of nitrogens with zero attached hydrogens (tertiary/aromatic N) is 4. The van der Waals surface area contributed by atoms with Crippen LogP contribution in [0.4, 0.5) is 39.5 Å². The quantitative estimate of drug-likeness (QED) is 0.255. The lowest BCUT2D eigenvalue weighted by molar-refractivity contribution is -0.137. The molecule has 0 saturated carbocycles. The highest BCUT2D eigenvalue weighted by molar-refractivity contribution is 7.89. The second kappa shape index (κ2) is 11.3. The Morgan fingerprint density at radius 1 is 0.951 bits per heavy atom. The Balaban J connectivity index is 1.42. The third kappa shape index (κ3) is 6.85. The molecule has 0 spiro atoms. The maximum atomic E-state index is 13.8. The van der Waals surface area contributed by atoms with Crippen LogP contribution < -0.4 is 21.1 Å². The number of nitrogens with two attached hydrogens (primary N) is 1. The fraction of sp³-hybridized carbons (Fsp3) is 0.120. The van der Waals surface area contributed by atoms with Crippen molar-refractivity contribution in [3.8, 4) is 22.9 Å². The van der Waals surface area contributed by atoms with Gasteiger partial charge in [-0.05, 0) is 42.0 Å². The molecule has 2 heterocycles. The van der Waals surface area contributed by atoms with E-state index in [0.717, 1.165) is 28.6 Å². The monoisotopic (exact) mass is 591 g/mol. The van der Waals surface area contributed by atoms with E-state index in [0.29, 0.717) is 11.8 Å². The molecule has 0 fully saturated rings. The van der Waals surface area contributed by atoms with Gasteiger partial charge in [0.05, 0.1) is 29.3 Å². The van der Waals surface area contributed by atoms with Crippen molar-refractivity contribution in [2.45, 2.75) is 11.1 Å². The number of amides is 2. The van der Waals surface area contributed by atoms with Gasteiger partial charge in [0, 0.05) is 25.9 Å². The predicted molar refractivity (Wildman–Crippen MR) is 141 cm³/mol.